The summed E-state index contributed by atoms with van der Waals surface area (Å²) in [5, 5.41) is 7.21. The summed E-state index contributed by atoms with van der Waals surface area (Å²) < 4.78 is 5.44. The Morgan fingerprint density at radius 3 is 3.00 bits per heavy atom. The molecule has 0 bridgehead atoms. The molecular weight excluding hydrogens is 390 g/mol. The summed E-state index contributed by atoms with van der Waals surface area (Å²) in [4.78, 5) is 43.2. The number of thiophene rings is 1. The predicted octanol–water partition coefficient (Wildman–Crippen LogP) is 1.05. The number of hydrogen-bond donors (Lipinski definition) is 4. The van der Waals surface area contributed by atoms with Crippen molar-refractivity contribution in [3.8, 4) is 0 Å². The maximum Gasteiger partial charge on any atom is 0.277 e. The highest BCUT2D eigenvalue weighted by atomic mass is 32.2. The molecule has 1 aliphatic heterocycles. The van der Waals surface area contributed by atoms with Crippen molar-refractivity contribution in [1.82, 2.24) is 15.3 Å². The Bertz CT molecular complexity index is 862. The summed E-state index contributed by atoms with van der Waals surface area (Å²) in [6, 6.07) is 3.37. The van der Waals surface area contributed by atoms with Crippen molar-refractivity contribution in [2.75, 3.05) is 30.0 Å². The Morgan fingerprint density at radius 2 is 2.33 bits per heavy atom. The van der Waals surface area contributed by atoms with Crippen LogP contribution < -0.4 is 21.9 Å². The maximum atomic E-state index is 12.2. The molecule has 3 rings (SSSR count). The zero-order valence-electron chi connectivity index (χ0n) is 14.3. The van der Waals surface area contributed by atoms with E-state index in [1.165, 1.54) is 11.3 Å². The lowest BCUT2D eigenvalue weighted by atomic mass is 10.2. The standard InChI is InChI=1S/C16H19N5O4S2/c17-13-12(19-14(23)10-4-2-6-26-10)15(24)21-16(20-13)27-8-11(22)18-7-9-3-1-5-25-9/h2,4,6,9H,1,3,5,7-8H2,(H,18,22)(H,19,23)(H3,17,20,21,24). The number of carbonyl (C=O) groups excluding carboxylic acids is 2. The maximum absolute atomic E-state index is 12.2. The number of rotatable bonds is 7. The van der Waals surface area contributed by atoms with Crippen molar-refractivity contribution in [3.63, 3.8) is 0 Å². The Kier molecular flexibility index (Phi) is 6.48. The Balaban J connectivity index is 1.55. The van der Waals surface area contributed by atoms with Gasteiger partial charge in [0.05, 0.1) is 16.7 Å². The summed E-state index contributed by atoms with van der Waals surface area (Å²) in [5.41, 5.74) is 5.11. The number of nitrogens with one attached hydrogen (secondary N) is 3. The van der Waals surface area contributed by atoms with Gasteiger partial charge >= 0.3 is 0 Å². The molecule has 5 N–H and O–H groups in total. The second-order valence-corrected chi connectivity index (χ2v) is 7.70. The summed E-state index contributed by atoms with van der Waals surface area (Å²) in [6.07, 6.45) is 2.02. The number of hydrogen-bond acceptors (Lipinski definition) is 8. The molecule has 1 aliphatic rings. The summed E-state index contributed by atoms with van der Waals surface area (Å²) in [7, 11) is 0. The molecular formula is C16H19N5O4S2. The van der Waals surface area contributed by atoms with Crippen LogP contribution in [0.5, 0.6) is 0 Å². The molecule has 2 aromatic rings. The second kappa shape index (κ2) is 9.02. The third-order valence-electron chi connectivity index (χ3n) is 3.80. The molecule has 1 atom stereocenters. The molecule has 0 aromatic carbocycles. The molecule has 1 saturated heterocycles. The normalized spacial score (nSPS) is 16.2. The van der Waals surface area contributed by atoms with Gasteiger partial charge in [-0.3, -0.25) is 19.4 Å². The van der Waals surface area contributed by atoms with Crippen molar-refractivity contribution < 1.29 is 14.3 Å². The summed E-state index contributed by atoms with van der Waals surface area (Å²) in [6.45, 7) is 1.20. The first-order chi connectivity index (χ1) is 13.0. The smallest absolute Gasteiger partial charge is 0.277 e. The average molecular weight is 409 g/mol. The van der Waals surface area contributed by atoms with Gasteiger partial charge in [0, 0.05) is 13.2 Å². The van der Waals surface area contributed by atoms with E-state index < -0.39 is 11.5 Å². The minimum atomic E-state index is -0.574. The van der Waals surface area contributed by atoms with Gasteiger partial charge in [-0.25, -0.2) is 4.98 Å². The SMILES string of the molecule is Nc1nc(SCC(=O)NCC2CCCO2)[nH]c(=O)c1NC(=O)c1cccs1. The number of aromatic nitrogens is 2. The van der Waals surface area contributed by atoms with Crippen molar-refractivity contribution in [3.05, 3.63) is 32.7 Å². The van der Waals surface area contributed by atoms with E-state index >= 15 is 0 Å². The quantitative estimate of drug-likeness (QED) is 0.396. The van der Waals surface area contributed by atoms with E-state index in [1.54, 1.807) is 17.5 Å². The van der Waals surface area contributed by atoms with Crippen LogP contribution in [0.3, 0.4) is 0 Å². The van der Waals surface area contributed by atoms with Gasteiger partial charge in [0.15, 0.2) is 16.7 Å². The van der Waals surface area contributed by atoms with Crippen LogP contribution in [-0.2, 0) is 9.53 Å². The van der Waals surface area contributed by atoms with Gasteiger partial charge in [-0.15, -0.1) is 11.3 Å². The van der Waals surface area contributed by atoms with Crippen LogP contribution in [0.4, 0.5) is 11.5 Å². The van der Waals surface area contributed by atoms with Crippen LogP contribution in [0.2, 0.25) is 0 Å². The van der Waals surface area contributed by atoms with Crippen molar-refractivity contribution in [2.24, 2.45) is 0 Å². The first-order valence-corrected chi connectivity index (χ1v) is 10.1. The molecule has 1 unspecified atom stereocenters. The Morgan fingerprint density at radius 1 is 1.48 bits per heavy atom. The number of amides is 2. The van der Waals surface area contributed by atoms with Crippen LogP contribution in [0.15, 0.2) is 27.5 Å². The molecule has 1 fully saturated rings. The van der Waals surface area contributed by atoms with Gasteiger partial charge in [0.25, 0.3) is 11.5 Å². The number of nitrogen functional groups attached to an aromatic ring is 1. The minimum absolute atomic E-state index is 0.0683. The van der Waals surface area contributed by atoms with Gasteiger partial charge in [0.1, 0.15) is 0 Å². The van der Waals surface area contributed by atoms with Crippen LogP contribution in [0.25, 0.3) is 0 Å². The molecule has 3 heterocycles. The largest absolute Gasteiger partial charge is 0.382 e. The lowest BCUT2D eigenvalue weighted by Gasteiger charge is -2.11. The molecule has 27 heavy (non-hydrogen) atoms. The number of nitrogens with zero attached hydrogens (tertiary/aromatic N) is 1. The first-order valence-electron chi connectivity index (χ1n) is 8.28. The van der Waals surface area contributed by atoms with Gasteiger partial charge < -0.3 is 21.1 Å². The van der Waals surface area contributed by atoms with E-state index in [0.29, 0.717) is 11.4 Å². The predicted molar refractivity (Wildman–Crippen MR) is 104 cm³/mol. The zero-order chi connectivity index (χ0) is 19.2. The average Bonchev–Trinajstić information content (AvgIpc) is 3.34. The van der Waals surface area contributed by atoms with E-state index in [-0.39, 0.29) is 34.4 Å². The van der Waals surface area contributed by atoms with Crippen LogP contribution in [0, 0.1) is 0 Å². The fourth-order valence-electron chi connectivity index (χ4n) is 2.46. The van der Waals surface area contributed by atoms with Crippen LogP contribution in [0.1, 0.15) is 22.5 Å². The molecule has 2 aromatic heterocycles. The molecule has 9 nitrogen and oxygen atoms in total. The van der Waals surface area contributed by atoms with Gasteiger partial charge in [-0.1, -0.05) is 17.8 Å². The molecule has 2 amide bonds. The molecule has 0 aliphatic carbocycles. The van der Waals surface area contributed by atoms with Crippen LogP contribution >= 0.6 is 23.1 Å². The first kappa shape index (κ1) is 19.4. The zero-order valence-corrected chi connectivity index (χ0v) is 16.0. The van der Waals surface area contributed by atoms with Gasteiger partial charge in [-0.05, 0) is 24.3 Å². The number of ether oxygens (including phenoxy) is 1. The van der Waals surface area contributed by atoms with Crippen molar-refractivity contribution in [2.45, 2.75) is 24.1 Å². The number of H-pyrrole nitrogens is 1. The highest BCUT2D eigenvalue weighted by Gasteiger charge is 2.17. The van der Waals surface area contributed by atoms with E-state index in [4.69, 9.17) is 10.5 Å². The third kappa shape index (κ3) is 5.31. The molecule has 0 spiro atoms. The number of carbonyl (C=O) groups is 2. The molecule has 11 heteroatoms. The fraction of sp³-hybridized carbons (Fsp3) is 0.375. The molecule has 0 saturated carbocycles. The fourth-order valence-corrected chi connectivity index (χ4v) is 3.78. The number of aromatic amines is 1. The minimum Gasteiger partial charge on any atom is -0.382 e. The van der Waals surface area contributed by atoms with Crippen LogP contribution in [-0.4, -0.2) is 46.8 Å². The van der Waals surface area contributed by atoms with Crippen molar-refractivity contribution >= 4 is 46.4 Å². The highest BCUT2D eigenvalue weighted by molar-refractivity contribution is 7.99. The third-order valence-corrected chi connectivity index (χ3v) is 5.54. The topological polar surface area (TPSA) is 139 Å². The Labute approximate surface area is 163 Å². The monoisotopic (exact) mass is 409 g/mol. The molecule has 0 radical (unpaired) electrons. The molecule has 144 valence electrons. The summed E-state index contributed by atoms with van der Waals surface area (Å²) >= 11 is 2.30. The highest BCUT2D eigenvalue weighted by Crippen LogP contribution is 2.18. The number of anilines is 2. The van der Waals surface area contributed by atoms with Gasteiger partial charge in [-0.2, -0.15) is 0 Å². The lowest BCUT2D eigenvalue weighted by Crippen LogP contribution is -2.33. The van der Waals surface area contributed by atoms with E-state index in [2.05, 4.69) is 20.6 Å². The van der Waals surface area contributed by atoms with E-state index in [0.717, 1.165) is 31.2 Å². The number of thioether (sulfide) groups is 1. The van der Waals surface area contributed by atoms with E-state index in [1.807, 2.05) is 0 Å². The Hall–Kier alpha value is -2.37. The second-order valence-electron chi connectivity index (χ2n) is 5.79. The summed E-state index contributed by atoms with van der Waals surface area (Å²) in [5.74, 6) is -0.647. The number of nitrogens with two attached hydrogens (primary N) is 1. The van der Waals surface area contributed by atoms with E-state index in [9.17, 15) is 14.4 Å². The van der Waals surface area contributed by atoms with Gasteiger partial charge in [0.2, 0.25) is 5.91 Å². The lowest BCUT2D eigenvalue weighted by molar-refractivity contribution is -0.119. The van der Waals surface area contributed by atoms with Crippen molar-refractivity contribution in [1.29, 1.82) is 0 Å².